The maximum atomic E-state index is 2.12. The highest BCUT2D eigenvalue weighted by molar-refractivity contribution is 8.02. The Morgan fingerprint density at radius 1 is 0.733 bits per heavy atom. The third kappa shape index (κ3) is 3.30. The molecule has 15 heavy (non-hydrogen) atoms. The van der Waals surface area contributed by atoms with Gasteiger partial charge in [0, 0.05) is 4.90 Å². The van der Waals surface area contributed by atoms with Crippen LogP contribution in [-0.2, 0) is 0 Å². The Morgan fingerprint density at radius 3 is 2.00 bits per heavy atom. The number of hydrogen-bond donors (Lipinski definition) is 0. The van der Waals surface area contributed by atoms with E-state index in [1.807, 2.05) is 24.3 Å². The van der Waals surface area contributed by atoms with E-state index in [2.05, 4.69) is 47.9 Å². The molecule has 0 heterocycles. The average Bonchev–Trinajstić information content (AvgIpc) is 2.32. The Kier molecular flexibility index (Phi) is 3.64. The Labute approximate surface area is 94.7 Å². The normalized spacial score (nSPS) is 10.7. The van der Waals surface area contributed by atoms with Crippen LogP contribution in [0.3, 0.4) is 0 Å². The van der Waals surface area contributed by atoms with E-state index in [1.54, 1.807) is 11.8 Å². The van der Waals surface area contributed by atoms with Crippen molar-refractivity contribution in [2.24, 2.45) is 0 Å². The van der Waals surface area contributed by atoms with Crippen LogP contribution in [0.1, 0.15) is 5.56 Å². The molecule has 0 aliphatic rings. The highest BCUT2D eigenvalue weighted by Crippen LogP contribution is 2.19. The van der Waals surface area contributed by atoms with Crippen molar-refractivity contribution in [3.63, 3.8) is 0 Å². The maximum Gasteiger partial charge on any atom is 0.0116 e. The minimum atomic E-state index is 1.24. The van der Waals surface area contributed by atoms with Gasteiger partial charge in [0.1, 0.15) is 0 Å². The fraction of sp³-hybridized carbons (Fsp3) is 0. The van der Waals surface area contributed by atoms with Gasteiger partial charge in [0.15, 0.2) is 0 Å². The molecule has 0 unspecified atom stereocenters. The zero-order valence-corrected chi connectivity index (χ0v) is 9.15. The van der Waals surface area contributed by atoms with E-state index in [-0.39, 0.29) is 0 Å². The summed E-state index contributed by atoms with van der Waals surface area (Å²) in [4.78, 5) is 1.27. The summed E-state index contributed by atoms with van der Waals surface area (Å²) in [6, 6.07) is 20.7. The van der Waals surface area contributed by atoms with Gasteiger partial charge in [-0.25, -0.2) is 0 Å². The van der Waals surface area contributed by atoms with Gasteiger partial charge in [-0.15, -0.1) is 0 Å². The molecule has 0 nitrogen and oxygen atoms in total. The molecule has 0 atom stereocenters. The van der Waals surface area contributed by atoms with E-state index >= 15 is 0 Å². The molecule has 0 radical (unpaired) electrons. The van der Waals surface area contributed by atoms with Crippen LogP contribution in [0.4, 0.5) is 0 Å². The van der Waals surface area contributed by atoms with Crippen molar-refractivity contribution < 1.29 is 0 Å². The van der Waals surface area contributed by atoms with Crippen LogP contribution >= 0.6 is 11.8 Å². The second kappa shape index (κ2) is 5.42. The van der Waals surface area contributed by atoms with Crippen LogP contribution in [0.15, 0.2) is 71.0 Å². The zero-order chi connectivity index (χ0) is 10.3. The topological polar surface area (TPSA) is 0 Å². The molecule has 0 aliphatic heterocycles. The average molecular weight is 212 g/mol. The Balaban J connectivity index is 1.97. The summed E-state index contributed by atoms with van der Waals surface area (Å²) in [5.74, 6) is 0. The van der Waals surface area contributed by atoms with Gasteiger partial charge in [-0.3, -0.25) is 0 Å². The molecule has 0 fully saturated rings. The van der Waals surface area contributed by atoms with Crippen molar-refractivity contribution >= 4 is 17.8 Å². The van der Waals surface area contributed by atoms with Crippen LogP contribution in [0.2, 0.25) is 0 Å². The lowest BCUT2D eigenvalue weighted by Gasteiger charge is -1.94. The van der Waals surface area contributed by atoms with E-state index in [0.717, 1.165) is 0 Å². The molecule has 0 aliphatic carbocycles. The van der Waals surface area contributed by atoms with Crippen LogP contribution < -0.4 is 0 Å². The van der Waals surface area contributed by atoms with Crippen molar-refractivity contribution in [1.82, 2.24) is 0 Å². The molecule has 2 aromatic carbocycles. The lowest BCUT2D eigenvalue weighted by molar-refractivity contribution is 1.47. The van der Waals surface area contributed by atoms with Crippen molar-refractivity contribution in [2.45, 2.75) is 4.90 Å². The van der Waals surface area contributed by atoms with E-state index in [1.165, 1.54) is 10.5 Å². The summed E-state index contributed by atoms with van der Waals surface area (Å²) in [5, 5.41) is 2.12. The third-order valence-electron chi connectivity index (χ3n) is 2.01. The quantitative estimate of drug-likeness (QED) is 0.677. The summed E-state index contributed by atoms with van der Waals surface area (Å²) in [6.45, 7) is 0. The first-order valence-electron chi connectivity index (χ1n) is 4.88. The number of hydrogen-bond acceptors (Lipinski definition) is 1. The van der Waals surface area contributed by atoms with Gasteiger partial charge in [0.2, 0.25) is 0 Å². The fourth-order valence-electron chi connectivity index (χ4n) is 1.25. The molecule has 0 saturated heterocycles. The monoisotopic (exact) mass is 212 g/mol. The maximum absolute atomic E-state index is 2.12. The van der Waals surface area contributed by atoms with E-state index in [9.17, 15) is 0 Å². The van der Waals surface area contributed by atoms with E-state index in [0.29, 0.717) is 0 Å². The summed E-state index contributed by atoms with van der Waals surface area (Å²) >= 11 is 1.73. The Hall–Kier alpha value is -1.47. The molecule has 0 saturated carbocycles. The van der Waals surface area contributed by atoms with Crippen LogP contribution in [0, 0.1) is 0 Å². The highest BCUT2D eigenvalue weighted by Gasteiger charge is 1.87. The largest absolute Gasteiger partial charge is 0.0981 e. The number of benzene rings is 2. The minimum Gasteiger partial charge on any atom is -0.0981 e. The summed E-state index contributed by atoms with van der Waals surface area (Å²) in [5.41, 5.74) is 1.24. The summed E-state index contributed by atoms with van der Waals surface area (Å²) in [6.07, 6.45) is 2.12. The molecule has 0 N–H and O–H groups in total. The number of thioether (sulfide) groups is 1. The second-order valence-corrected chi connectivity index (χ2v) is 4.12. The SMILES string of the molecule is C(=Cc1ccccc1)Sc1ccccc1. The molecule has 0 bridgehead atoms. The molecule has 2 rings (SSSR count). The minimum absolute atomic E-state index is 1.24. The molecule has 1 heteroatoms. The molecular weight excluding hydrogens is 200 g/mol. The third-order valence-corrected chi connectivity index (χ3v) is 2.82. The predicted molar refractivity (Wildman–Crippen MR) is 67.8 cm³/mol. The first kappa shape index (κ1) is 10.1. The number of rotatable bonds is 3. The van der Waals surface area contributed by atoms with E-state index in [4.69, 9.17) is 0 Å². The highest BCUT2D eigenvalue weighted by atomic mass is 32.2. The standard InChI is InChI=1S/C14H12S/c1-3-7-13(8-4-1)11-12-15-14-9-5-2-6-10-14/h1-12H. The first-order valence-corrected chi connectivity index (χ1v) is 5.76. The molecule has 74 valence electrons. The smallest absolute Gasteiger partial charge is 0.0116 e. The molecule has 0 aromatic heterocycles. The summed E-state index contributed by atoms with van der Waals surface area (Å²) < 4.78 is 0. The van der Waals surface area contributed by atoms with Crippen molar-refractivity contribution in [1.29, 1.82) is 0 Å². The molecule has 0 amide bonds. The van der Waals surface area contributed by atoms with Crippen molar-refractivity contribution in [3.8, 4) is 0 Å². The lowest BCUT2D eigenvalue weighted by Crippen LogP contribution is -1.67. The van der Waals surface area contributed by atoms with Gasteiger partial charge in [-0.05, 0) is 29.2 Å². The zero-order valence-electron chi connectivity index (χ0n) is 8.34. The first-order chi connectivity index (χ1) is 7.45. The lowest BCUT2D eigenvalue weighted by atomic mass is 10.2. The Bertz CT molecular complexity index is 418. The van der Waals surface area contributed by atoms with Crippen LogP contribution in [0.5, 0.6) is 0 Å². The predicted octanol–water partition coefficient (Wildman–Crippen LogP) is 4.45. The van der Waals surface area contributed by atoms with Crippen LogP contribution in [-0.4, -0.2) is 0 Å². The van der Waals surface area contributed by atoms with Gasteiger partial charge in [-0.2, -0.15) is 0 Å². The fourth-order valence-corrected chi connectivity index (χ4v) is 1.95. The second-order valence-electron chi connectivity index (χ2n) is 3.14. The van der Waals surface area contributed by atoms with Crippen LogP contribution in [0.25, 0.3) is 6.08 Å². The molecular formula is C14H12S. The summed E-state index contributed by atoms with van der Waals surface area (Å²) in [7, 11) is 0. The van der Waals surface area contributed by atoms with Gasteiger partial charge in [0.05, 0.1) is 0 Å². The van der Waals surface area contributed by atoms with Gasteiger partial charge < -0.3 is 0 Å². The van der Waals surface area contributed by atoms with Gasteiger partial charge in [-0.1, -0.05) is 60.3 Å². The Morgan fingerprint density at radius 2 is 1.33 bits per heavy atom. The molecule has 2 aromatic rings. The van der Waals surface area contributed by atoms with Crippen molar-refractivity contribution in [3.05, 3.63) is 71.6 Å². The van der Waals surface area contributed by atoms with Gasteiger partial charge in [0.25, 0.3) is 0 Å². The van der Waals surface area contributed by atoms with E-state index < -0.39 is 0 Å². The molecule has 0 spiro atoms. The van der Waals surface area contributed by atoms with Gasteiger partial charge >= 0.3 is 0 Å². The van der Waals surface area contributed by atoms with Crippen molar-refractivity contribution in [2.75, 3.05) is 0 Å².